The number of pyridine rings is 1. The van der Waals surface area contributed by atoms with Crippen LogP contribution in [0.25, 0.3) is 0 Å². The molecule has 1 aromatic carbocycles. The Bertz CT molecular complexity index is 760. The SMILES string of the molecule is CC(CC(=O)Nc1ccccn1)=NNC(=O)COc1ccccc1C. The molecular formula is C18H20N4O3. The quantitative estimate of drug-likeness (QED) is 0.597. The summed E-state index contributed by atoms with van der Waals surface area (Å²) in [6.45, 7) is 3.40. The van der Waals surface area contributed by atoms with Crippen molar-refractivity contribution in [1.82, 2.24) is 10.4 Å². The molecule has 7 nitrogen and oxygen atoms in total. The number of amides is 2. The Balaban J connectivity index is 1.75. The summed E-state index contributed by atoms with van der Waals surface area (Å²) in [4.78, 5) is 27.6. The molecule has 2 amide bonds. The summed E-state index contributed by atoms with van der Waals surface area (Å²) >= 11 is 0. The molecule has 1 heterocycles. The first-order valence-electron chi connectivity index (χ1n) is 7.76. The van der Waals surface area contributed by atoms with Gasteiger partial charge >= 0.3 is 0 Å². The minimum absolute atomic E-state index is 0.0511. The monoisotopic (exact) mass is 340 g/mol. The van der Waals surface area contributed by atoms with E-state index in [1.165, 1.54) is 0 Å². The molecule has 25 heavy (non-hydrogen) atoms. The number of hydrogen-bond donors (Lipinski definition) is 2. The number of aromatic nitrogens is 1. The van der Waals surface area contributed by atoms with Gasteiger partial charge in [-0.2, -0.15) is 5.10 Å². The number of ether oxygens (including phenoxy) is 1. The number of hydrazone groups is 1. The minimum Gasteiger partial charge on any atom is -0.483 e. The highest BCUT2D eigenvalue weighted by Crippen LogP contribution is 2.15. The van der Waals surface area contributed by atoms with Crippen LogP contribution >= 0.6 is 0 Å². The summed E-state index contributed by atoms with van der Waals surface area (Å²) in [5, 5.41) is 6.54. The molecule has 2 N–H and O–H groups in total. The zero-order valence-electron chi connectivity index (χ0n) is 14.2. The highest BCUT2D eigenvalue weighted by molar-refractivity contribution is 6.05. The Labute approximate surface area is 146 Å². The molecule has 2 aromatic rings. The van der Waals surface area contributed by atoms with Gasteiger partial charge in [-0.15, -0.1) is 0 Å². The van der Waals surface area contributed by atoms with E-state index in [0.717, 1.165) is 5.56 Å². The Morgan fingerprint density at radius 1 is 1.12 bits per heavy atom. The van der Waals surface area contributed by atoms with Gasteiger partial charge in [0.25, 0.3) is 5.91 Å². The summed E-state index contributed by atoms with van der Waals surface area (Å²) in [6.07, 6.45) is 1.64. The van der Waals surface area contributed by atoms with Gasteiger partial charge < -0.3 is 10.1 Å². The zero-order valence-corrected chi connectivity index (χ0v) is 14.2. The maximum atomic E-state index is 11.8. The molecule has 0 bridgehead atoms. The van der Waals surface area contributed by atoms with E-state index in [1.54, 1.807) is 37.4 Å². The van der Waals surface area contributed by atoms with E-state index in [-0.39, 0.29) is 18.9 Å². The number of carbonyl (C=O) groups is 2. The molecular weight excluding hydrogens is 320 g/mol. The van der Waals surface area contributed by atoms with Crippen LogP contribution in [0, 0.1) is 6.92 Å². The predicted octanol–water partition coefficient (Wildman–Crippen LogP) is 2.29. The molecule has 0 radical (unpaired) electrons. The Morgan fingerprint density at radius 3 is 2.60 bits per heavy atom. The van der Waals surface area contributed by atoms with Gasteiger partial charge in [-0.1, -0.05) is 24.3 Å². The maximum absolute atomic E-state index is 11.8. The number of rotatable bonds is 7. The van der Waals surface area contributed by atoms with Crippen LogP contribution in [0.15, 0.2) is 53.8 Å². The molecule has 130 valence electrons. The maximum Gasteiger partial charge on any atom is 0.277 e. The number of hydrogen-bond acceptors (Lipinski definition) is 5. The summed E-state index contributed by atoms with van der Waals surface area (Å²) in [6, 6.07) is 12.6. The van der Waals surface area contributed by atoms with Crippen molar-refractivity contribution in [1.29, 1.82) is 0 Å². The highest BCUT2D eigenvalue weighted by Gasteiger charge is 2.07. The normalized spacial score (nSPS) is 10.9. The van der Waals surface area contributed by atoms with Gasteiger partial charge in [0.15, 0.2) is 6.61 Å². The lowest BCUT2D eigenvalue weighted by molar-refractivity contribution is -0.123. The molecule has 0 atom stereocenters. The summed E-state index contributed by atoms with van der Waals surface area (Å²) in [5.41, 5.74) is 3.79. The fourth-order valence-corrected chi connectivity index (χ4v) is 1.95. The molecule has 0 aliphatic carbocycles. The molecule has 0 aliphatic rings. The molecule has 7 heteroatoms. The third-order valence-corrected chi connectivity index (χ3v) is 3.17. The zero-order chi connectivity index (χ0) is 18.1. The lowest BCUT2D eigenvalue weighted by Crippen LogP contribution is -2.26. The summed E-state index contributed by atoms with van der Waals surface area (Å²) in [7, 11) is 0. The van der Waals surface area contributed by atoms with Crippen LogP contribution in [-0.4, -0.2) is 29.1 Å². The second-order valence-corrected chi connectivity index (χ2v) is 5.38. The van der Waals surface area contributed by atoms with Crippen LogP contribution in [-0.2, 0) is 9.59 Å². The van der Waals surface area contributed by atoms with Crippen LogP contribution in [0.4, 0.5) is 5.82 Å². The number of anilines is 1. The molecule has 2 rings (SSSR count). The lowest BCUT2D eigenvalue weighted by atomic mass is 10.2. The number of nitrogens with one attached hydrogen (secondary N) is 2. The first kappa shape index (κ1) is 18.1. The first-order valence-corrected chi connectivity index (χ1v) is 7.76. The Morgan fingerprint density at radius 2 is 1.88 bits per heavy atom. The number of nitrogens with zero attached hydrogens (tertiary/aromatic N) is 2. The van der Waals surface area contributed by atoms with Crippen molar-refractivity contribution in [3.05, 3.63) is 54.2 Å². The summed E-state index contributed by atoms with van der Waals surface area (Å²) in [5.74, 6) is 0.460. The van der Waals surface area contributed by atoms with Crippen molar-refractivity contribution >= 4 is 23.3 Å². The van der Waals surface area contributed by atoms with Crippen molar-refractivity contribution in [3.8, 4) is 5.75 Å². The van der Waals surface area contributed by atoms with Crippen molar-refractivity contribution in [2.45, 2.75) is 20.3 Å². The van der Waals surface area contributed by atoms with Gasteiger partial charge in [-0.05, 0) is 37.6 Å². The second-order valence-electron chi connectivity index (χ2n) is 5.38. The van der Waals surface area contributed by atoms with Crippen LogP contribution in [0.1, 0.15) is 18.9 Å². The van der Waals surface area contributed by atoms with Crippen LogP contribution in [0.5, 0.6) is 5.75 Å². The number of carbonyl (C=O) groups excluding carboxylic acids is 2. The van der Waals surface area contributed by atoms with Gasteiger partial charge in [-0.25, -0.2) is 10.4 Å². The van der Waals surface area contributed by atoms with Crippen LogP contribution in [0.3, 0.4) is 0 Å². The highest BCUT2D eigenvalue weighted by atomic mass is 16.5. The largest absolute Gasteiger partial charge is 0.483 e. The molecule has 0 aliphatic heterocycles. The first-order chi connectivity index (χ1) is 12.0. The average molecular weight is 340 g/mol. The van der Waals surface area contributed by atoms with E-state index in [0.29, 0.717) is 17.3 Å². The molecule has 0 saturated heterocycles. The molecule has 0 saturated carbocycles. The summed E-state index contributed by atoms with van der Waals surface area (Å²) < 4.78 is 5.42. The standard InChI is InChI=1S/C18H20N4O3/c1-13-7-3-4-8-15(13)25-12-18(24)22-21-14(2)11-17(23)20-16-9-5-6-10-19-16/h3-10H,11-12H2,1-2H3,(H,22,24)(H,19,20,23). The third kappa shape index (κ3) is 6.42. The molecule has 0 unspecified atom stereocenters. The van der Waals surface area contributed by atoms with Crippen LogP contribution in [0.2, 0.25) is 0 Å². The molecule has 0 spiro atoms. The predicted molar refractivity (Wildman–Crippen MR) is 95.4 cm³/mol. The Hall–Kier alpha value is -3.22. The van der Waals surface area contributed by atoms with E-state index in [9.17, 15) is 9.59 Å². The van der Waals surface area contributed by atoms with E-state index in [2.05, 4.69) is 20.8 Å². The third-order valence-electron chi connectivity index (χ3n) is 3.17. The fraction of sp³-hybridized carbons (Fsp3) is 0.222. The number of para-hydroxylation sites is 1. The second kappa shape index (κ2) is 9.17. The fourth-order valence-electron chi connectivity index (χ4n) is 1.95. The van der Waals surface area contributed by atoms with Crippen molar-refractivity contribution < 1.29 is 14.3 Å². The lowest BCUT2D eigenvalue weighted by Gasteiger charge is -2.08. The van der Waals surface area contributed by atoms with Gasteiger partial charge in [0.1, 0.15) is 11.6 Å². The van der Waals surface area contributed by atoms with Crippen molar-refractivity contribution in [2.75, 3.05) is 11.9 Å². The Kier molecular flexibility index (Phi) is 6.65. The van der Waals surface area contributed by atoms with E-state index < -0.39 is 5.91 Å². The van der Waals surface area contributed by atoms with E-state index in [4.69, 9.17) is 4.74 Å². The van der Waals surface area contributed by atoms with Gasteiger partial charge in [-0.3, -0.25) is 9.59 Å². The van der Waals surface area contributed by atoms with Crippen molar-refractivity contribution in [3.63, 3.8) is 0 Å². The van der Waals surface area contributed by atoms with Crippen LogP contribution < -0.4 is 15.5 Å². The minimum atomic E-state index is -0.396. The average Bonchev–Trinajstić information content (AvgIpc) is 2.60. The molecule has 0 fully saturated rings. The van der Waals surface area contributed by atoms with E-state index in [1.807, 2.05) is 25.1 Å². The van der Waals surface area contributed by atoms with E-state index >= 15 is 0 Å². The van der Waals surface area contributed by atoms with Gasteiger partial charge in [0.2, 0.25) is 5.91 Å². The van der Waals surface area contributed by atoms with Gasteiger partial charge in [0.05, 0.1) is 6.42 Å². The number of aryl methyl sites for hydroxylation is 1. The smallest absolute Gasteiger partial charge is 0.277 e. The topological polar surface area (TPSA) is 92.7 Å². The van der Waals surface area contributed by atoms with Crippen molar-refractivity contribution in [2.24, 2.45) is 5.10 Å². The van der Waals surface area contributed by atoms with Gasteiger partial charge in [0, 0.05) is 11.9 Å². The number of benzene rings is 1. The molecule has 1 aromatic heterocycles.